The first-order valence-corrected chi connectivity index (χ1v) is 6.71. The smallest absolute Gasteiger partial charge is 0.160 e. The fourth-order valence-electron chi connectivity index (χ4n) is 3.54. The van der Waals surface area contributed by atoms with Crippen molar-refractivity contribution < 1.29 is 14.7 Å². The summed E-state index contributed by atoms with van der Waals surface area (Å²) in [4.78, 5) is 24.7. The number of carbonyl (C=O) groups excluding carboxylic acids is 2. The van der Waals surface area contributed by atoms with Crippen LogP contribution in [0.2, 0.25) is 0 Å². The number of ketones is 2. The lowest BCUT2D eigenvalue weighted by Gasteiger charge is -2.33. The average molecular weight is 250 g/mol. The molecule has 18 heavy (non-hydrogen) atoms. The molecule has 0 amide bonds. The van der Waals surface area contributed by atoms with Crippen LogP contribution in [-0.4, -0.2) is 22.8 Å². The molecule has 0 aliphatic heterocycles. The molecular formula is C15H22O3. The molecule has 1 unspecified atom stereocenters. The van der Waals surface area contributed by atoms with Gasteiger partial charge in [-0.05, 0) is 26.7 Å². The van der Waals surface area contributed by atoms with Crippen LogP contribution in [0, 0.1) is 17.3 Å². The molecule has 2 saturated carbocycles. The van der Waals surface area contributed by atoms with Crippen molar-refractivity contribution in [3.05, 3.63) is 11.1 Å². The highest BCUT2D eigenvalue weighted by atomic mass is 16.3. The van der Waals surface area contributed by atoms with E-state index in [9.17, 15) is 14.7 Å². The number of hydrogen-bond donors (Lipinski definition) is 1. The average Bonchev–Trinajstić information content (AvgIpc) is 2.53. The van der Waals surface area contributed by atoms with Crippen LogP contribution >= 0.6 is 0 Å². The van der Waals surface area contributed by atoms with Crippen LogP contribution in [0.4, 0.5) is 0 Å². The molecule has 0 radical (unpaired) electrons. The van der Waals surface area contributed by atoms with E-state index >= 15 is 0 Å². The Morgan fingerprint density at radius 1 is 1.28 bits per heavy atom. The Labute approximate surface area is 108 Å². The van der Waals surface area contributed by atoms with E-state index in [0.717, 1.165) is 12.0 Å². The Morgan fingerprint density at radius 3 is 2.44 bits per heavy atom. The summed E-state index contributed by atoms with van der Waals surface area (Å²) in [5, 5.41) is 10.3. The molecule has 0 aromatic rings. The summed E-state index contributed by atoms with van der Waals surface area (Å²) in [5.41, 5.74) is 0.990. The molecule has 0 heterocycles. The van der Waals surface area contributed by atoms with Crippen LogP contribution in [0.1, 0.15) is 47.0 Å². The first kappa shape index (κ1) is 13.5. The van der Waals surface area contributed by atoms with Gasteiger partial charge in [-0.15, -0.1) is 0 Å². The van der Waals surface area contributed by atoms with E-state index in [1.54, 1.807) is 0 Å². The molecule has 2 rings (SSSR count). The van der Waals surface area contributed by atoms with Gasteiger partial charge in [-0.1, -0.05) is 19.4 Å². The predicted octanol–water partition coefficient (Wildman–Crippen LogP) is 2.28. The third-order valence-corrected chi connectivity index (χ3v) is 4.73. The Morgan fingerprint density at radius 2 is 1.89 bits per heavy atom. The maximum Gasteiger partial charge on any atom is 0.160 e. The van der Waals surface area contributed by atoms with Crippen LogP contribution < -0.4 is 0 Å². The van der Waals surface area contributed by atoms with Gasteiger partial charge in [-0.25, -0.2) is 0 Å². The molecular weight excluding hydrogens is 228 g/mol. The molecule has 2 aliphatic rings. The van der Waals surface area contributed by atoms with Gasteiger partial charge in [0.1, 0.15) is 5.78 Å². The maximum absolute atomic E-state index is 12.5. The molecule has 0 aromatic heterocycles. The van der Waals surface area contributed by atoms with Gasteiger partial charge in [0, 0.05) is 23.3 Å². The molecule has 100 valence electrons. The normalized spacial score (nSPS) is 40.7. The fraction of sp³-hybridized carbons (Fsp3) is 0.733. The summed E-state index contributed by atoms with van der Waals surface area (Å²) in [6, 6.07) is 0. The molecule has 2 fully saturated rings. The van der Waals surface area contributed by atoms with Gasteiger partial charge in [0.05, 0.1) is 12.0 Å². The van der Waals surface area contributed by atoms with Gasteiger partial charge in [0.15, 0.2) is 5.78 Å². The lowest BCUT2D eigenvalue weighted by Crippen LogP contribution is -2.38. The van der Waals surface area contributed by atoms with Crippen molar-refractivity contribution in [1.29, 1.82) is 0 Å². The van der Waals surface area contributed by atoms with Crippen molar-refractivity contribution in [1.82, 2.24) is 0 Å². The van der Waals surface area contributed by atoms with E-state index in [-0.39, 0.29) is 17.5 Å². The number of fused-ring (bicyclic) bond motifs is 1. The molecule has 1 N–H and O–H groups in total. The molecule has 3 nitrogen and oxygen atoms in total. The molecule has 2 aliphatic carbocycles. The van der Waals surface area contributed by atoms with Crippen LogP contribution in [0.15, 0.2) is 11.1 Å². The highest BCUT2D eigenvalue weighted by molar-refractivity contribution is 6.07. The van der Waals surface area contributed by atoms with Crippen molar-refractivity contribution >= 4 is 11.6 Å². The van der Waals surface area contributed by atoms with Crippen molar-refractivity contribution in [2.24, 2.45) is 17.3 Å². The Bertz CT molecular complexity index is 431. The number of aliphatic hydroxyl groups is 1. The van der Waals surface area contributed by atoms with Crippen molar-refractivity contribution in [3.8, 4) is 0 Å². The number of Topliss-reactive ketones (excluding diaryl/α,β-unsaturated/α-hetero) is 2. The van der Waals surface area contributed by atoms with Gasteiger partial charge in [0.25, 0.3) is 0 Å². The zero-order valence-corrected chi connectivity index (χ0v) is 11.6. The highest BCUT2D eigenvalue weighted by Gasteiger charge is 2.56. The van der Waals surface area contributed by atoms with E-state index in [4.69, 9.17) is 0 Å². The van der Waals surface area contributed by atoms with Crippen LogP contribution in [0.5, 0.6) is 0 Å². The summed E-state index contributed by atoms with van der Waals surface area (Å²) in [5.74, 6) is -0.283. The van der Waals surface area contributed by atoms with E-state index in [1.807, 2.05) is 27.7 Å². The Balaban J connectivity index is 2.58. The topological polar surface area (TPSA) is 54.4 Å². The molecule has 0 bridgehead atoms. The highest BCUT2D eigenvalue weighted by Crippen LogP contribution is 2.52. The van der Waals surface area contributed by atoms with E-state index in [1.165, 1.54) is 0 Å². The minimum Gasteiger partial charge on any atom is -0.393 e. The van der Waals surface area contributed by atoms with Crippen LogP contribution in [0.25, 0.3) is 0 Å². The first-order chi connectivity index (χ1) is 8.29. The van der Waals surface area contributed by atoms with Gasteiger partial charge in [-0.3, -0.25) is 9.59 Å². The van der Waals surface area contributed by atoms with Crippen molar-refractivity contribution in [3.63, 3.8) is 0 Å². The van der Waals surface area contributed by atoms with Gasteiger partial charge in [-0.2, -0.15) is 0 Å². The third-order valence-electron chi connectivity index (χ3n) is 4.73. The molecule has 4 atom stereocenters. The van der Waals surface area contributed by atoms with Crippen molar-refractivity contribution in [2.45, 2.75) is 53.1 Å². The number of hydrogen-bond acceptors (Lipinski definition) is 3. The molecule has 0 aromatic carbocycles. The number of aliphatic hydroxyl groups excluding tert-OH is 1. The number of carbonyl (C=O) groups is 2. The Kier molecular flexibility index (Phi) is 3.22. The van der Waals surface area contributed by atoms with Crippen LogP contribution in [-0.2, 0) is 9.59 Å². The van der Waals surface area contributed by atoms with E-state index in [2.05, 4.69) is 0 Å². The van der Waals surface area contributed by atoms with Gasteiger partial charge < -0.3 is 5.11 Å². The largest absolute Gasteiger partial charge is 0.393 e. The predicted molar refractivity (Wildman–Crippen MR) is 69.0 cm³/mol. The Hall–Kier alpha value is -0.960. The monoisotopic (exact) mass is 250 g/mol. The lowest BCUT2D eigenvalue weighted by atomic mass is 9.71. The SMILES string of the molecule is CC(C)=C1C(=O)C[C@]2(C)C(O)CC[C@H](C)C(=O)[C@@H]12. The first-order valence-electron chi connectivity index (χ1n) is 6.71. The lowest BCUT2D eigenvalue weighted by molar-refractivity contribution is -0.128. The standard InChI is InChI=1S/C15H22O3/c1-8(2)12-10(16)7-15(4)11(17)6-5-9(3)14(18)13(12)15/h9,11,13,17H,5-7H2,1-4H3/t9-,11?,13+,15+/m0/s1. The minimum absolute atomic E-state index is 0.0454. The molecule has 0 spiro atoms. The fourth-order valence-corrected chi connectivity index (χ4v) is 3.54. The zero-order valence-electron chi connectivity index (χ0n) is 11.6. The molecule has 0 saturated heterocycles. The summed E-state index contributed by atoms with van der Waals surface area (Å²) in [7, 11) is 0. The minimum atomic E-state index is -0.592. The van der Waals surface area contributed by atoms with Gasteiger partial charge >= 0.3 is 0 Å². The maximum atomic E-state index is 12.5. The second-order valence-electron chi connectivity index (χ2n) is 6.35. The quantitative estimate of drug-likeness (QED) is 0.671. The second kappa shape index (κ2) is 4.30. The third kappa shape index (κ3) is 1.76. The number of allylic oxidation sites excluding steroid dienone is 2. The van der Waals surface area contributed by atoms with Crippen LogP contribution in [0.3, 0.4) is 0 Å². The second-order valence-corrected chi connectivity index (χ2v) is 6.35. The zero-order chi connectivity index (χ0) is 13.7. The molecule has 3 heteroatoms. The van der Waals surface area contributed by atoms with Crippen molar-refractivity contribution in [2.75, 3.05) is 0 Å². The summed E-state index contributed by atoms with van der Waals surface area (Å²) >= 11 is 0. The summed E-state index contributed by atoms with van der Waals surface area (Å²) in [6.07, 6.45) is 1.08. The van der Waals surface area contributed by atoms with E-state index in [0.29, 0.717) is 18.4 Å². The summed E-state index contributed by atoms with van der Waals surface area (Å²) < 4.78 is 0. The summed E-state index contributed by atoms with van der Waals surface area (Å²) in [6.45, 7) is 7.57. The number of rotatable bonds is 0. The van der Waals surface area contributed by atoms with Gasteiger partial charge in [0.2, 0.25) is 0 Å². The van der Waals surface area contributed by atoms with E-state index < -0.39 is 17.4 Å².